The molecule has 68 heavy (non-hydrogen) atoms. The Morgan fingerprint density at radius 3 is 0.779 bits per heavy atom. The number of fused-ring (bicyclic) bond motifs is 3. The van der Waals surface area contributed by atoms with E-state index in [0.29, 0.717) is 11.6 Å². The zero-order valence-electron chi connectivity index (χ0n) is 36.5. The monoisotopic (exact) mass is 873 g/mol. The topological polar surface area (TPSA) is 84.2 Å². The van der Waals surface area contributed by atoms with Crippen LogP contribution in [0.25, 0.3) is 113 Å². The molecule has 0 amide bonds. The van der Waals surface area contributed by atoms with Gasteiger partial charge in [0.2, 0.25) is 0 Å². The first-order valence-corrected chi connectivity index (χ1v) is 22.6. The van der Waals surface area contributed by atoms with E-state index < -0.39 is 0 Å². The molecule has 0 saturated heterocycles. The van der Waals surface area contributed by atoms with Gasteiger partial charge in [-0.15, -0.1) is 10.2 Å². The summed E-state index contributed by atoms with van der Waals surface area (Å²) in [6, 6.07) is 81.5. The zero-order valence-corrected chi connectivity index (χ0v) is 36.5. The molecule has 4 aromatic heterocycles. The minimum absolute atomic E-state index is 0.715. The van der Waals surface area contributed by atoms with Crippen molar-refractivity contribution in [3.63, 3.8) is 0 Å². The van der Waals surface area contributed by atoms with Crippen molar-refractivity contribution in [3.8, 4) is 79.7 Å². The molecule has 0 aliphatic rings. The van der Waals surface area contributed by atoms with Gasteiger partial charge in [-0.05, 0) is 109 Å². The van der Waals surface area contributed by atoms with Crippen LogP contribution in [0.3, 0.4) is 0 Å². The van der Waals surface area contributed by atoms with Gasteiger partial charge in [-0.3, -0.25) is 18.3 Å². The van der Waals surface area contributed by atoms with E-state index in [9.17, 15) is 0 Å². The highest BCUT2D eigenvalue weighted by Gasteiger charge is 2.22. The molecule has 0 spiro atoms. The summed E-state index contributed by atoms with van der Waals surface area (Å²) in [6.07, 6.45) is 0. The standard InChI is InChI=1S/C59H39N9/c1-4-16-40(17-5-1)55-60-49-22-10-13-25-52(49)65(55)45-32-28-43(29-33-45)58-63-64-59(44-30-34-46(35-31-44)66-53-26-14-11-23-50(53)61-56(66)41-18-6-2-7-19-41)68(58)48-38-36-47(37-39-48)67-54-27-15-12-24-51(54)62-57(67)42-20-8-3-9-21-42/h1-39H. The fourth-order valence-corrected chi connectivity index (χ4v) is 9.38. The number of para-hydroxylation sites is 6. The largest absolute Gasteiger partial charge is 0.292 e. The summed E-state index contributed by atoms with van der Waals surface area (Å²) in [5.41, 5.74) is 14.8. The molecule has 0 aliphatic heterocycles. The lowest BCUT2D eigenvalue weighted by Crippen LogP contribution is -2.03. The third-order valence-electron chi connectivity index (χ3n) is 12.6. The number of benzene rings is 9. The van der Waals surface area contributed by atoms with Gasteiger partial charge in [0.1, 0.15) is 17.5 Å². The maximum atomic E-state index is 5.10. The Kier molecular flexibility index (Phi) is 9.28. The van der Waals surface area contributed by atoms with Crippen LogP contribution in [0.1, 0.15) is 0 Å². The third kappa shape index (κ3) is 6.60. The predicted octanol–water partition coefficient (Wildman–Crippen LogP) is 13.6. The molecule has 4 heterocycles. The first-order valence-electron chi connectivity index (χ1n) is 22.6. The molecule has 0 saturated carbocycles. The van der Waals surface area contributed by atoms with Gasteiger partial charge >= 0.3 is 0 Å². The van der Waals surface area contributed by atoms with Crippen LogP contribution < -0.4 is 0 Å². The molecule has 0 atom stereocenters. The van der Waals surface area contributed by atoms with Crippen LogP contribution >= 0.6 is 0 Å². The molecule has 0 radical (unpaired) electrons. The summed E-state index contributed by atoms with van der Waals surface area (Å²) in [4.78, 5) is 15.3. The molecular weight excluding hydrogens is 835 g/mol. The Morgan fingerprint density at radius 1 is 0.206 bits per heavy atom. The summed E-state index contributed by atoms with van der Waals surface area (Å²) in [7, 11) is 0. The van der Waals surface area contributed by atoms with Crippen LogP contribution in [0.2, 0.25) is 0 Å². The van der Waals surface area contributed by atoms with Crippen molar-refractivity contribution >= 4 is 33.1 Å². The van der Waals surface area contributed by atoms with E-state index >= 15 is 0 Å². The zero-order chi connectivity index (χ0) is 45.0. The SMILES string of the molecule is c1ccc(-c2nc3ccccc3n2-c2ccc(-c3nnc(-c4ccc(-n5c(-c6ccccc6)nc6ccccc65)cc4)n3-c3ccc(-n4c(-c5ccccc5)nc5ccccc54)cc3)cc2)cc1. The summed E-state index contributed by atoms with van der Waals surface area (Å²) >= 11 is 0. The maximum absolute atomic E-state index is 5.10. The van der Waals surface area contributed by atoms with E-state index in [0.717, 1.165) is 101 Å². The second-order valence-corrected chi connectivity index (χ2v) is 16.7. The van der Waals surface area contributed by atoms with Crippen molar-refractivity contribution < 1.29 is 0 Å². The van der Waals surface area contributed by atoms with Crippen LogP contribution in [0.5, 0.6) is 0 Å². The molecule has 13 aromatic rings. The second-order valence-electron chi connectivity index (χ2n) is 16.7. The molecule has 13 rings (SSSR count). The van der Waals surface area contributed by atoms with Gasteiger partial charge < -0.3 is 0 Å². The average molecular weight is 874 g/mol. The second kappa shape index (κ2) is 16.2. The predicted molar refractivity (Wildman–Crippen MR) is 272 cm³/mol. The number of nitrogens with zero attached hydrogens (tertiary/aromatic N) is 9. The fraction of sp³-hybridized carbons (Fsp3) is 0. The van der Waals surface area contributed by atoms with Crippen LogP contribution in [0.4, 0.5) is 0 Å². The van der Waals surface area contributed by atoms with Crippen LogP contribution in [-0.4, -0.2) is 43.4 Å². The van der Waals surface area contributed by atoms with Gasteiger partial charge in [0.25, 0.3) is 0 Å². The van der Waals surface area contributed by atoms with Crippen LogP contribution in [0.15, 0.2) is 237 Å². The molecular formula is C59H39N9. The Hall–Kier alpha value is -9.47. The summed E-state index contributed by atoms with van der Waals surface area (Å²) in [6.45, 7) is 0. The van der Waals surface area contributed by atoms with Crippen molar-refractivity contribution in [2.45, 2.75) is 0 Å². The summed E-state index contributed by atoms with van der Waals surface area (Å²) < 4.78 is 8.83. The number of imidazole rings is 3. The number of rotatable bonds is 9. The Labute approximate surface area is 391 Å². The van der Waals surface area contributed by atoms with E-state index in [4.69, 9.17) is 25.1 Å². The van der Waals surface area contributed by atoms with Crippen LogP contribution in [-0.2, 0) is 0 Å². The van der Waals surface area contributed by atoms with Gasteiger partial charge in [0.15, 0.2) is 11.6 Å². The van der Waals surface area contributed by atoms with Crippen LogP contribution in [0, 0.1) is 0 Å². The highest BCUT2D eigenvalue weighted by molar-refractivity contribution is 5.86. The van der Waals surface area contributed by atoms with Crippen molar-refractivity contribution in [2.24, 2.45) is 0 Å². The number of hydrogen-bond donors (Lipinski definition) is 0. The van der Waals surface area contributed by atoms with Crippen molar-refractivity contribution in [3.05, 3.63) is 237 Å². The number of hydrogen-bond acceptors (Lipinski definition) is 5. The molecule has 0 bridgehead atoms. The summed E-state index contributed by atoms with van der Waals surface area (Å²) in [5.74, 6) is 4.08. The minimum atomic E-state index is 0.715. The Bertz CT molecular complexity index is 3740. The molecule has 0 fully saturated rings. The minimum Gasteiger partial charge on any atom is -0.292 e. The average Bonchev–Trinajstić information content (AvgIpc) is 4.22. The van der Waals surface area contributed by atoms with Gasteiger partial charge in [-0.25, -0.2) is 15.0 Å². The van der Waals surface area contributed by atoms with Gasteiger partial charge in [-0.2, -0.15) is 0 Å². The highest BCUT2D eigenvalue weighted by atomic mass is 15.3. The molecule has 9 heteroatoms. The highest BCUT2D eigenvalue weighted by Crippen LogP contribution is 2.36. The van der Waals surface area contributed by atoms with Crippen molar-refractivity contribution in [2.75, 3.05) is 0 Å². The van der Waals surface area contributed by atoms with Gasteiger partial charge in [-0.1, -0.05) is 127 Å². The van der Waals surface area contributed by atoms with E-state index in [2.05, 4.69) is 194 Å². The van der Waals surface area contributed by atoms with E-state index in [1.807, 2.05) is 60.7 Å². The quantitative estimate of drug-likeness (QED) is 0.144. The normalized spacial score (nSPS) is 11.5. The molecule has 9 nitrogen and oxygen atoms in total. The first kappa shape index (κ1) is 38.9. The number of aromatic nitrogens is 9. The molecule has 0 N–H and O–H groups in total. The van der Waals surface area contributed by atoms with E-state index in [-0.39, 0.29) is 0 Å². The van der Waals surface area contributed by atoms with Crippen molar-refractivity contribution in [1.82, 2.24) is 43.4 Å². The molecule has 0 aliphatic carbocycles. The van der Waals surface area contributed by atoms with Gasteiger partial charge in [0, 0.05) is 50.6 Å². The lowest BCUT2D eigenvalue weighted by atomic mass is 10.1. The smallest absolute Gasteiger partial charge is 0.168 e. The first-order chi connectivity index (χ1) is 33.7. The van der Waals surface area contributed by atoms with Gasteiger partial charge in [0.05, 0.1) is 33.1 Å². The van der Waals surface area contributed by atoms with E-state index in [1.54, 1.807) is 0 Å². The van der Waals surface area contributed by atoms with E-state index in [1.165, 1.54) is 0 Å². The summed E-state index contributed by atoms with van der Waals surface area (Å²) in [5, 5.41) is 9.89. The maximum Gasteiger partial charge on any atom is 0.168 e. The lowest BCUT2D eigenvalue weighted by Gasteiger charge is -2.15. The molecule has 0 unspecified atom stereocenters. The fourth-order valence-electron chi connectivity index (χ4n) is 9.38. The Morgan fingerprint density at radius 2 is 0.456 bits per heavy atom. The molecule has 9 aromatic carbocycles. The molecule has 320 valence electrons. The van der Waals surface area contributed by atoms with Crippen molar-refractivity contribution in [1.29, 1.82) is 0 Å². The lowest BCUT2D eigenvalue weighted by molar-refractivity contribution is 1.05. The Balaban J connectivity index is 0.942. The third-order valence-corrected chi connectivity index (χ3v) is 12.6.